The number of benzene rings is 1. The molecule has 6 nitrogen and oxygen atoms in total. The summed E-state index contributed by atoms with van der Waals surface area (Å²) >= 11 is 0. The van der Waals surface area contributed by atoms with Crippen LogP contribution < -0.4 is 10.5 Å². The van der Waals surface area contributed by atoms with Gasteiger partial charge in [-0.05, 0) is 24.6 Å². The highest BCUT2D eigenvalue weighted by Gasteiger charge is 2.73. The van der Waals surface area contributed by atoms with Crippen molar-refractivity contribution in [3.63, 3.8) is 0 Å². The molecule has 116 valence electrons. The van der Waals surface area contributed by atoms with Crippen LogP contribution >= 0.6 is 0 Å². The molecule has 0 aromatic heterocycles. The summed E-state index contributed by atoms with van der Waals surface area (Å²) in [6.07, 6.45) is 1.09. The molecule has 1 aromatic rings. The Balaban J connectivity index is 2.38. The van der Waals surface area contributed by atoms with Gasteiger partial charge < -0.3 is 15.2 Å². The van der Waals surface area contributed by atoms with Gasteiger partial charge in [-0.2, -0.15) is 0 Å². The van der Waals surface area contributed by atoms with E-state index in [1.54, 1.807) is 31.2 Å². The Morgan fingerprint density at radius 1 is 1.33 bits per heavy atom. The summed E-state index contributed by atoms with van der Waals surface area (Å²) in [5, 5.41) is -0.961. The summed E-state index contributed by atoms with van der Waals surface area (Å²) in [4.78, 5) is 12.1. The molecule has 0 bridgehead atoms. The first kappa shape index (κ1) is 15.8. The number of nitrogens with two attached hydrogens (primary N) is 1. The maximum atomic E-state index is 12.1. The lowest BCUT2D eigenvalue weighted by atomic mass is 10.1. The smallest absolute Gasteiger partial charge is 0.328 e. The molecule has 0 heterocycles. The van der Waals surface area contributed by atoms with Crippen LogP contribution in [0.25, 0.3) is 0 Å². The van der Waals surface area contributed by atoms with Crippen molar-refractivity contribution in [1.29, 1.82) is 0 Å². The second-order valence-electron chi connectivity index (χ2n) is 5.15. The second kappa shape index (κ2) is 5.31. The van der Waals surface area contributed by atoms with Gasteiger partial charge in [0, 0.05) is 12.2 Å². The van der Waals surface area contributed by atoms with E-state index in [4.69, 9.17) is 15.2 Å². The highest BCUT2D eigenvalue weighted by Crippen LogP contribution is 2.54. The topological polar surface area (TPSA) is 95.7 Å². The Morgan fingerprint density at radius 2 is 1.90 bits per heavy atom. The van der Waals surface area contributed by atoms with Gasteiger partial charge in [-0.1, -0.05) is 12.1 Å². The zero-order chi connectivity index (χ0) is 15.8. The fourth-order valence-electron chi connectivity index (χ4n) is 2.74. The molecule has 0 aliphatic heterocycles. The van der Waals surface area contributed by atoms with Crippen LogP contribution in [-0.2, 0) is 19.4 Å². The van der Waals surface area contributed by atoms with Crippen LogP contribution in [0.4, 0.5) is 0 Å². The minimum Gasteiger partial charge on any atom is -0.497 e. The molecule has 21 heavy (non-hydrogen) atoms. The van der Waals surface area contributed by atoms with Gasteiger partial charge in [0.05, 0.1) is 19.0 Å². The predicted octanol–water partition coefficient (Wildman–Crippen LogP) is 0.466. The molecular weight excluding hydrogens is 294 g/mol. The third-order valence-electron chi connectivity index (χ3n) is 3.74. The molecule has 1 aliphatic rings. The zero-order valence-electron chi connectivity index (χ0n) is 12.2. The van der Waals surface area contributed by atoms with Crippen molar-refractivity contribution >= 4 is 15.8 Å². The van der Waals surface area contributed by atoms with E-state index >= 15 is 0 Å². The normalized spacial score (nSPS) is 28.0. The molecule has 0 spiro atoms. The molecule has 3 unspecified atom stereocenters. The number of carbonyl (C=O) groups excluding carboxylic acids is 1. The van der Waals surface area contributed by atoms with Crippen LogP contribution in [-0.4, -0.2) is 45.1 Å². The Morgan fingerprint density at radius 3 is 2.33 bits per heavy atom. The molecule has 1 aliphatic carbocycles. The minimum atomic E-state index is -3.47. The summed E-state index contributed by atoms with van der Waals surface area (Å²) in [7, 11) is -1.93. The van der Waals surface area contributed by atoms with Crippen molar-refractivity contribution in [3.05, 3.63) is 29.8 Å². The minimum absolute atomic E-state index is 0.156. The van der Waals surface area contributed by atoms with Crippen molar-refractivity contribution in [2.24, 2.45) is 5.73 Å². The number of carbonyl (C=O) groups is 1. The van der Waals surface area contributed by atoms with Crippen LogP contribution in [0.2, 0.25) is 0 Å². The standard InChI is InChI=1S/C14H19NO5S/c1-4-20-13(16)14(15)11(12(14)21(3,17)18)9-5-7-10(19-2)8-6-9/h5-8,11-12H,4,15H2,1-3H3. The van der Waals surface area contributed by atoms with Gasteiger partial charge in [0.25, 0.3) is 0 Å². The summed E-state index contributed by atoms with van der Waals surface area (Å²) in [6, 6.07) is 6.85. The first-order valence-electron chi connectivity index (χ1n) is 6.55. The summed E-state index contributed by atoms with van der Waals surface area (Å²) in [5.74, 6) is -0.632. The second-order valence-corrected chi connectivity index (χ2v) is 7.32. The maximum absolute atomic E-state index is 12.1. The molecule has 7 heteroatoms. The van der Waals surface area contributed by atoms with E-state index in [1.165, 1.54) is 7.11 Å². The fraction of sp³-hybridized carbons (Fsp3) is 0.500. The molecular formula is C14H19NO5S. The number of methoxy groups -OCH3 is 1. The number of hydrogen-bond donors (Lipinski definition) is 1. The molecule has 0 saturated heterocycles. The van der Waals surface area contributed by atoms with E-state index < -0.39 is 32.5 Å². The van der Waals surface area contributed by atoms with Crippen LogP contribution in [0.5, 0.6) is 5.75 Å². The SMILES string of the molecule is CCOC(=O)C1(N)C(c2ccc(OC)cc2)C1S(C)(=O)=O. The van der Waals surface area contributed by atoms with Crippen molar-refractivity contribution in [2.45, 2.75) is 23.6 Å². The van der Waals surface area contributed by atoms with Crippen LogP contribution in [0.1, 0.15) is 18.4 Å². The van der Waals surface area contributed by atoms with E-state index in [0.29, 0.717) is 11.3 Å². The van der Waals surface area contributed by atoms with E-state index in [2.05, 4.69) is 0 Å². The molecule has 0 radical (unpaired) electrons. The van der Waals surface area contributed by atoms with Gasteiger partial charge in [0.2, 0.25) is 0 Å². The van der Waals surface area contributed by atoms with Crippen LogP contribution in [0.3, 0.4) is 0 Å². The number of ether oxygens (including phenoxy) is 2. The third kappa shape index (κ3) is 2.63. The summed E-state index contributed by atoms with van der Waals surface area (Å²) < 4.78 is 33.8. The fourth-order valence-corrected chi connectivity index (χ4v) is 4.49. The van der Waals surface area contributed by atoms with Gasteiger partial charge in [-0.3, -0.25) is 0 Å². The lowest BCUT2D eigenvalue weighted by Gasteiger charge is -2.10. The average Bonchev–Trinajstić information content (AvgIpc) is 3.07. The van der Waals surface area contributed by atoms with E-state index in [1.807, 2.05) is 0 Å². The van der Waals surface area contributed by atoms with Crippen LogP contribution in [0, 0.1) is 0 Å². The van der Waals surface area contributed by atoms with Crippen molar-refractivity contribution < 1.29 is 22.7 Å². The van der Waals surface area contributed by atoms with Crippen molar-refractivity contribution in [2.75, 3.05) is 20.0 Å². The Bertz CT molecular complexity index is 640. The Hall–Kier alpha value is -1.60. The predicted molar refractivity (Wildman–Crippen MR) is 77.9 cm³/mol. The Labute approximate surface area is 124 Å². The molecule has 3 atom stereocenters. The Kier molecular flexibility index (Phi) is 3.99. The van der Waals surface area contributed by atoms with Gasteiger partial charge >= 0.3 is 5.97 Å². The molecule has 1 fully saturated rings. The first-order chi connectivity index (χ1) is 9.76. The number of sulfone groups is 1. The summed E-state index contributed by atoms with van der Waals surface area (Å²) in [6.45, 7) is 1.81. The third-order valence-corrected chi connectivity index (χ3v) is 5.33. The van der Waals surface area contributed by atoms with Crippen LogP contribution in [0.15, 0.2) is 24.3 Å². The van der Waals surface area contributed by atoms with E-state index in [-0.39, 0.29) is 6.61 Å². The first-order valence-corrected chi connectivity index (χ1v) is 8.51. The largest absolute Gasteiger partial charge is 0.497 e. The zero-order valence-corrected chi connectivity index (χ0v) is 13.0. The highest BCUT2D eigenvalue weighted by molar-refractivity contribution is 7.91. The summed E-state index contributed by atoms with van der Waals surface area (Å²) in [5.41, 5.74) is 5.23. The van der Waals surface area contributed by atoms with E-state index in [9.17, 15) is 13.2 Å². The molecule has 0 amide bonds. The highest BCUT2D eigenvalue weighted by atomic mass is 32.2. The lowest BCUT2D eigenvalue weighted by molar-refractivity contribution is -0.145. The average molecular weight is 313 g/mol. The van der Waals surface area contributed by atoms with Crippen molar-refractivity contribution in [3.8, 4) is 5.75 Å². The van der Waals surface area contributed by atoms with Gasteiger partial charge in [-0.25, -0.2) is 13.2 Å². The number of hydrogen-bond acceptors (Lipinski definition) is 6. The molecule has 2 rings (SSSR count). The lowest BCUT2D eigenvalue weighted by Crippen LogP contribution is -2.41. The van der Waals surface area contributed by atoms with E-state index in [0.717, 1.165) is 6.26 Å². The van der Waals surface area contributed by atoms with Gasteiger partial charge in [-0.15, -0.1) is 0 Å². The number of esters is 1. The molecule has 2 N–H and O–H groups in total. The quantitative estimate of drug-likeness (QED) is 0.794. The number of rotatable bonds is 5. The maximum Gasteiger partial charge on any atom is 0.328 e. The molecule has 1 aromatic carbocycles. The van der Waals surface area contributed by atoms with Gasteiger partial charge in [0.15, 0.2) is 9.84 Å². The van der Waals surface area contributed by atoms with Gasteiger partial charge in [0.1, 0.15) is 11.3 Å². The molecule has 1 saturated carbocycles. The van der Waals surface area contributed by atoms with Crippen molar-refractivity contribution in [1.82, 2.24) is 0 Å². The monoisotopic (exact) mass is 313 g/mol.